The average molecular weight is 313 g/mol. The molecule has 0 heterocycles. The molecule has 118 valence electrons. The van der Waals surface area contributed by atoms with Crippen LogP contribution < -0.4 is 0 Å². The first-order valence-electron chi connectivity index (χ1n) is 6.99. The van der Waals surface area contributed by atoms with Crippen LogP contribution in [0.3, 0.4) is 0 Å². The van der Waals surface area contributed by atoms with Gasteiger partial charge in [-0.15, -0.1) is 0 Å². The molecule has 23 heavy (non-hydrogen) atoms. The highest BCUT2D eigenvalue weighted by molar-refractivity contribution is 6.08. The molecule has 0 radical (unpaired) electrons. The van der Waals surface area contributed by atoms with Crippen molar-refractivity contribution in [2.24, 2.45) is 5.92 Å². The van der Waals surface area contributed by atoms with E-state index in [0.717, 1.165) is 0 Å². The van der Waals surface area contributed by atoms with Crippen molar-refractivity contribution in [2.75, 3.05) is 6.54 Å². The Bertz CT molecular complexity index is 699. The standard InChI is InChI=1S/C17H15NO5/c19-16(13-9-5-2-6-10-13)15(17(20)21)14(11-18(22)23)12-7-3-1-4-8-12/h1-10,14-15H,11H2,(H,20,21). The van der Waals surface area contributed by atoms with Crippen molar-refractivity contribution in [1.29, 1.82) is 0 Å². The highest BCUT2D eigenvalue weighted by atomic mass is 16.6. The second-order valence-corrected chi connectivity index (χ2v) is 5.08. The van der Waals surface area contributed by atoms with Crippen LogP contribution in [0.4, 0.5) is 0 Å². The molecule has 0 aliphatic heterocycles. The van der Waals surface area contributed by atoms with E-state index in [1.54, 1.807) is 48.5 Å². The van der Waals surface area contributed by atoms with Crippen LogP contribution in [0.25, 0.3) is 0 Å². The SMILES string of the molecule is O=C(O)C(C(=O)c1ccccc1)C(C[N+](=O)[O-])c1ccccc1. The summed E-state index contributed by atoms with van der Waals surface area (Å²) in [5.41, 5.74) is 0.685. The second kappa shape index (κ2) is 7.31. The Labute approximate surface area is 132 Å². The van der Waals surface area contributed by atoms with Crippen molar-refractivity contribution < 1.29 is 19.6 Å². The first-order valence-corrected chi connectivity index (χ1v) is 6.99. The molecule has 2 aromatic rings. The van der Waals surface area contributed by atoms with Gasteiger partial charge in [-0.2, -0.15) is 0 Å². The van der Waals surface area contributed by atoms with Gasteiger partial charge in [0.25, 0.3) is 0 Å². The molecular weight excluding hydrogens is 298 g/mol. The maximum Gasteiger partial charge on any atom is 0.315 e. The fourth-order valence-corrected chi connectivity index (χ4v) is 2.51. The van der Waals surface area contributed by atoms with Crippen LogP contribution in [0.1, 0.15) is 21.8 Å². The van der Waals surface area contributed by atoms with E-state index in [0.29, 0.717) is 5.56 Å². The van der Waals surface area contributed by atoms with Crippen LogP contribution in [0.15, 0.2) is 60.7 Å². The maximum absolute atomic E-state index is 12.6. The van der Waals surface area contributed by atoms with Gasteiger partial charge >= 0.3 is 5.97 Å². The Hall–Kier alpha value is -3.02. The van der Waals surface area contributed by atoms with Gasteiger partial charge in [-0.05, 0) is 5.56 Å². The Balaban J connectivity index is 2.45. The molecule has 1 N–H and O–H groups in total. The number of rotatable bonds is 7. The van der Waals surface area contributed by atoms with Crippen molar-refractivity contribution in [3.8, 4) is 0 Å². The van der Waals surface area contributed by atoms with Crippen LogP contribution in [-0.2, 0) is 4.79 Å². The lowest BCUT2D eigenvalue weighted by molar-refractivity contribution is -0.484. The predicted molar refractivity (Wildman–Crippen MR) is 82.9 cm³/mol. The molecule has 0 bridgehead atoms. The van der Waals surface area contributed by atoms with Crippen LogP contribution in [0.2, 0.25) is 0 Å². The van der Waals surface area contributed by atoms with Crippen molar-refractivity contribution in [3.63, 3.8) is 0 Å². The van der Waals surface area contributed by atoms with E-state index in [1.807, 2.05) is 0 Å². The van der Waals surface area contributed by atoms with E-state index in [2.05, 4.69) is 0 Å². The van der Waals surface area contributed by atoms with E-state index < -0.39 is 35.1 Å². The largest absolute Gasteiger partial charge is 0.481 e. The zero-order valence-corrected chi connectivity index (χ0v) is 12.2. The maximum atomic E-state index is 12.6. The molecule has 6 heteroatoms. The number of carboxylic acid groups (broad SMARTS) is 1. The van der Waals surface area contributed by atoms with Gasteiger partial charge in [-0.25, -0.2) is 0 Å². The summed E-state index contributed by atoms with van der Waals surface area (Å²) in [5, 5.41) is 20.5. The van der Waals surface area contributed by atoms with E-state index >= 15 is 0 Å². The zero-order valence-electron chi connectivity index (χ0n) is 12.2. The minimum atomic E-state index is -1.51. The minimum Gasteiger partial charge on any atom is -0.481 e. The summed E-state index contributed by atoms with van der Waals surface area (Å²) in [4.78, 5) is 34.6. The summed E-state index contributed by atoms with van der Waals surface area (Å²) in [5.74, 6) is -4.54. The number of carboxylic acids is 1. The van der Waals surface area contributed by atoms with Crippen LogP contribution in [-0.4, -0.2) is 28.3 Å². The first kappa shape index (κ1) is 16.4. The third-order valence-electron chi connectivity index (χ3n) is 3.58. The molecular formula is C17H15NO5. The molecule has 2 atom stereocenters. The molecule has 2 aromatic carbocycles. The van der Waals surface area contributed by atoms with Gasteiger partial charge in [0, 0.05) is 10.5 Å². The molecule has 0 aliphatic rings. The number of ketones is 1. The molecule has 6 nitrogen and oxygen atoms in total. The fraction of sp³-hybridized carbons (Fsp3) is 0.176. The molecule has 0 saturated heterocycles. The first-order chi connectivity index (χ1) is 11.0. The van der Waals surface area contributed by atoms with E-state index in [1.165, 1.54) is 12.1 Å². The number of nitrogens with zero attached hydrogens (tertiary/aromatic N) is 1. The van der Waals surface area contributed by atoms with Gasteiger partial charge in [0.1, 0.15) is 5.92 Å². The molecule has 2 rings (SSSR count). The zero-order chi connectivity index (χ0) is 16.8. The van der Waals surface area contributed by atoms with E-state index in [4.69, 9.17) is 0 Å². The third kappa shape index (κ3) is 4.00. The molecule has 2 unspecified atom stereocenters. The van der Waals surface area contributed by atoms with Crippen LogP contribution in [0, 0.1) is 16.0 Å². The monoisotopic (exact) mass is 313 g/mol. The summed E-state index contributed by atoms with van der Waals surface area (Å²) in [6, 6.07) is 16.2. The van der Waals surface area contributed by atoms with Gasteiger partial charge in [-0.3, -0.25) is 19.7 Å². The summed E-state index contributed by atoms with van der Waals surface area (Å²) in [6.07, 6.45) is 0. The lowest BCUT2D eigenvalue weighted by Crippen LogP contribution is -2.34. The lowest BCUT2D eigenvalue weighted by Gasteiger charge is -2.20. The van der Waals surface area contributed by atoms with Crippen LogP contribution in [0.5, 0.6) is 0 Å². The summed E-state index contributed by atoms with van der Waals surface area (Å²) >= 11 is 0. The fourth-order valence-electron chi connectivity index (χ4n) is 2.51. The molecule has 0 spiro atoms. The van der Waals surface area contributed by atoms with Crippen molar-refractivity contribution in [2.45, 2.75) is 5.92 Å². The number of nitro groups is 1. The summed E-state index contributed by atoms with van der Waals surface area (Å²) in [6.45, 7) is -0.625. The third-order valence-corrected chi connectivity index (χ3v) is 3.58. The topological polar surface area (TPSA) is 97.5 Å². The smallest absolute Gasteiger partial charge is 0.315 e. The van der Waals surface area contributed by atoms with Gasteiger partial charge in [0.05, 0.1) is 5.92 Å². The van der Waals surface area contributed by atoms with Crippen molar-refractivity contribution in [3.05, 3.63) is 81.9 Å². The van der Waals surface area contributed by atoms with E-state index in [-0.39, 0.29) is 5.56 Å². The number of carbonyl (C=O) groups excluding carboxylic acids is 1. The highest BCUT2D eigenvalue weighted by Gasteiger charge is 2.39. The average Bonchev–Trinajstić information content (AvgIpc) is 2.55. The number of carbonyl (C=O) groups is 2. The van der Waals surface area contributed by atoms with Gasteiger partial charge in [-0.1, -0.05) is 60.7 Å². The molecule has 0 aromatic heterocycles. The Morgan fingerprint density at radius 1 is 1.00 bits per heavy atom. The summed E-state index contributed by atoms with van der Waals surface area (Å²) < 4.78 is 0. The molecule has 0 saturated carbocycles. The second-order valence-electron chi connectivity index (χ2n) is 5.08. The number of hydrogen-bond acceptors (Lipinski definition) is 4. The van der Waals surface area contributed by atoms with E-state index in [9.17, 15) is 24.8 Å². The Morgan fingerprint density at radius 2 is 1.52 bits per heavy atom. The normalized spacial score (nSPS) is 13.0. The van der Waals surface area contributed by atoms with Gasteiger partial charge in [0.15, 0.2) is 5.78 Å². The van der Waals surface area contributed by atoms with Crippen LogP contribution >= 0.6 is 0 Å². The molecule has 0 aliphatic carbocycles. The number of hydrogen-bond donors (Lipinski definition) is 1. The number of benzene rings is 2. The molecule has 0 amide bonds. The lowest BCUT2D eigenvalue weighted by atomic mass is 9.81. The number of aliphatic carboxylic acids is 1. The Kier molecular flexibility index (Phi) is 5.19. The van der Waals surface area contributed by atoms with Gasteiger partial charge in [0.2, 0.25) is 6.54 Å². The quantitative estimate of drug-likeness (QED) is 0.367. The summed E-state index contributed by atoms with van der Waals surface area (Å²) in [7, 11) is 0. The minimum absolute atomic E-state index is 0.226. The molecule has 0 fully saturated rings. The number of Topliss-reactive ketones (excluding diaryl/α,β-unsaturated/α-hetero) is 1. The van der Waals surface area contributed by atoms with Crippen molar-refractivity contribution in [1.82, 2.24) is 0 Å². The van der Waals surface area contributed by atoms with Crippen molar-refractivity contribution >= 4 is 11.8 Å². The predicted octanol–water partition coefficient (Wildman–Crippen LogP) is 2.63. The highest BCUT2D eigenvalue weighted by Crippen LogP contribution is 2.28. The Morgan fingerprint density at radius 3 is 2.00 bits per heavy atom. The van der Waals surface area contributed by atoms with Gasteiger partial charge < -0.3 is 5.11 Å².